The highest BCUT2D eigenvalue weighted by molar-refractivity contribution is 5.94. The van der Waals surface area contributed by atoms with Crippen LogP contribution < -0.4 is 0 Å². The standard InChI is InChI=1S/C19H25N3O3/c1-14-19(25-13-17(23)22(14)12-15-2-3-15)6-10-21(11-7-19)18(24)16-4-8-20-9-5-16/h4-5,8-9,14-15H,2-3,6-7,10-13H2,1H3/t14-/m0/s1. The molecule has 0 bridgehead atoms. The van der Waals surface area contributed by atoms with Gasteiger partial charge in [0.2, 0.25) is 5.91 Å². The van der Waals surface area contributed by atoms with Crippen LogP contribution in [0.2, 0.25) is 0 Å². The highest BCUT2D eigenvalue weighted by Crippen LogP contribution is 2.38. The van der Waals surface area contributed by atoms with Gasteiger partial charge in [0.05, 0.1) is 11.6 Å². The van der Waals surface area contributed by atoms with E-state index >= 15 is 0 Å². The molecule has 1 atom stereocenters. The van der Waals surface area contributed by atoms with Crippen molar-refractivity contribution in [3.63, 3.8) is 0 Å². The summed E-state index contributed by atoms with van der Waals surface area (Å²) in [6, 6.07) is 3.58. The number of nitrogens with zero attached hydrogens (tertiary/aromatic N) is 3. The van der Waals surface area contributed by atoms with E-state index in [4.69, 9.17) is 4.74 Å². The van der Waals surface area contributed by atoms with Crippen LogP contribution in [0.1, 0.15) is 43.0 Å². The van der Waals surface area contributed by atoms with Gasteiger partial charge in [0, 0.05) is 37.6 Å². The van der Waals surface area contributed by atoms with Gasteiger partial charge in [-0.3, -0.25) is 14.6 Å². The normalized spacial score (nSPS) is 26.1. The number of ether oxygens (including phenoxy) is 1. The van der Waals surface area contributed by atoms with E-state index in [0.717, 1.165) is 19.4 Å². The van der Waals surface area contributed by atoms with Gasteiger partial charge in [-0.1, -0.05) is 0 Å². The highest BCUT2D eigenvalue weighted by atomic mass is 16.5. The number of pyridine rings is 1. The van der Waals surface area contributed by atoms with Crippen molar-refractivity contribution in [2.75, 3.05) is 26.2 Å². The SMILES string of the molecule is C[C@@H]1N(CC2CC2)C(=O)COC12CCN(C(=O)c1ccncc1)CC2. The summed E-state index contributed by atoms with van der Waals surface area (Å²) in [5.41, 5.74) is 0.367. The Kier molecular flexibility index (Phi) is 4.23. The first-order valence-corrected chi connectivity index (χ1v) is 9.22. The fourth-order valence-electron chi connectivity index (χ4n) is 4.07. The quantitative estimate of drug-likeness (QED) is 0.838. The summed E-state index contributed by atoms with van der Waals surface area (Å²) in [5.74, 6) is 0.835. The van der Waals surface area contributed by atoms with Gasteiger partial charge in [-0.25, -0.2) is 0 Å². The molecule has 134 valence electrons. The van der Waals surface area contributed by atoms with Crippen LogP contribution in [0.25, 0.3) is 0 Å². The Morgan fingerprint density at radius 3 is 2.60 bits per heavy atom. The van der Waals surface area contributed by atoms with Gasteiger partial charge in [0.1, 0.15) is 6.61 Å². The molecule has 2 saturated heterocycles. The average molecular weight is 343 g/mol. The number of carbonyl (C=O) groups excluding carboxylic acids is 2. The summed E-state index contributed by atoms with van der Waals surface area (Å²) in [6.45, 7) is 4.48. The van der Waals surface area contributed by atoms with Gasteiger partial charge >= 0.3 is 0 Å². The molecule has 3 fully saturated rings. The fraction of sp³-hybridized carbons (Fsp3) is 0.632. The van der Waals surface area contributed by atoms with E-state index in [0.29, 0.717) is 24.6 Å². The molecule has 1 aromatic heterocycles. The van der Waals surface area contributed by atoms with Crippen molar-refractivity contribution >= 4 is 11.8 Å². The summed E-state index contributed by atoms with van der Waals surface area (Å²) >= 11 is 0. The Bertz CT molecular complexity index is 651. The molecular weight excluding hydrogens is 318 g/mol. The summed E-state index contributed by atoms with van der Waals surface area (Å²) in [5, 5.41) is 0. The van der Waals surface area contributed by atoms with Crippen molar-refractivity contribution in [3.05, 3.63) is 30.1 Å². The fourth-order valence-corrected chi connectivity index (χ4v) is 4.07. The topological polar surface area (TPSA) is 62.7 Å². The maximum atomic E-state index is 12.6. The molecule has 2 amide bonds. The van der Waals surface area contributed by atoms with E-state index in [2.05, 4.69) is 11.9 Å². The molecule has 0 unspecified atom stereocenters. The number of morpholine rings is 1. The second-order valence-corrected chi connectivity index (χ2v) is 7.55. The predicted octanol–water partition coefficient (Wildman–Crippen LogP) is 1.71. The number of likely N-dealkylation sites (tertiary alicyclic amines) is 1. The van der Waals surface area contributed by atoms with E-state index < -0.39 is 0 Å². The minimum absolute atomic E-state index is 0.0478. The minimum Gasteiger partial charge on any atom is -0.363 e. The number of hydrogen-bond donors (Lipinski definition) is 0. The number of hydrogen-bond acceptors (Lipinski definition) is 4. The lowest BCUT2D eigenvalue weighted by molar-refractivity contribution is -0.185. The van der Waals surface area contributed by atoms with Gasteiger partial charge in [-0.05, 0) is 50.7 Å². The average Bonchev–Trinajstić information content (AvgIpc) is 3.47. The maximum Gasteiger partial charge on any atom is 0.253 e. The van der Waals surface area contributed by atoms with Crippen molar-refractivity contribution in [1.82, 2.24) is 14.8 Å². The number of piperidine rings is 1. The van der Waals surface area contributed by atoms with Crippen LogP contribution in [0.4, 0.5) is 0 Å². The molecule has 4 rings (SSSR count). The third-order valence-corrected chi connectivity index (χ3v) is 6.01. The smallest absolute Gasteiger partial charge is 0.253 e. The second-order valence-electron chi connectivity index (χ2n) is 7.55. The van der Waals surface area contributed by atoms with Crippen LogP contribution >= 0.6 is 0 Å². The van der Waals surface area contributed by atoms with Gasteiger partial charge in [0.15, 0.2) is 0 Å². The molecule has 0 radical (unpaired) electrons. The van der Waals surface area contributed by atoms with E-state index in [1.54, 1.807) is 24.5 Å². The van der Waals surface area contributed by atoms with Crippen LogP contribution in [-0.2, 0) is 9.53 Å². The van der Waals surface area contributed by atoms with E-state index in [9.17, 15) is 9.59 Å². The molecule has 25 heavy (non-hydrogen) atoms. The molecule has 6 heteroatoms. The van der Waals surface area contributed by atoms with E-state index in [1.165, 1.54) is 12.8 Å². The number of aromatic nitrogens is 1. The summed E-state index contributed by atoms with van der Waals surface area (Å²) in [7, 11) is 0. The van der Waals surface area contributed by atoms with Crippen LogP contribution in [0, 0.1) is 5.92 Å². The first-order valence-electron chi connectivity index (χ1n) is 9.22. The van der Waals surface area contributed by atoms with Gasteiger partial charge in [-0.15, -0.1) is 0 Å². The molecule has 1 spiro atoms. The Labute approximate surface area is 148 Å². The van der Waals surface area contributed by atoms with Crippen LogP contribution in [0.15, 0.2) is 24.5 Å². The molecule has 6 nitrogen and oxygen atoms in total. The van der Waals surface area contributed by atoms with Crippen molar-refractivity contribution in [2.24, 2.45) is 5.92 Å². The predicted molar refractivity (Wildman–Crippen MR) is 92.0 cm³/mol. The third kappa shape index (κ3) is 3.15. The Morgan fingerprint density at radius 2 is 1.96 bits per heavy atom. The largest absolute Gasteiger partial charge is 0.363 e. The van der Waals surface area contributed by atoms with Gasteiger partial charge in [0.25, 0.3) is 5.91 Å². The molecule has 1 saturated carbocycles. The Balaban J connectivity index is 1.43. The van der Waals surface area contributed by atoms with Crippen LogP contribution in [0.5, 0.6) is 0 Å². The van der Waals surface area contributed by atoms with Crippen molar-refractivity contribution in [2.45, 2.75) is 44.2 Å². The third-order valence-electron chi connectivity index (χ3n) is 6.01. The molecule has 3 aliphatic rings. The number of rotatable bonds is 3. The van der Waals surface area contributed by atoms with Crippen molar-refractivity contribution in [3.8, 4) is 0 Å². The monoisotopic (exact) mass is 343 g/mol. The molecule has 1 aliphatic carbocycles. The lowest BCUT2D eigenvalue weighted by Gasteiger charge is -2.51. The van der Waals surface area contributed by atoms with Crippen LogP contribution in [0.3, 0.4) is 0 Å². The zero-order chi connectivity index (χ0) is 17.4. The Morgan fingerprint density at radius 1 is 1.28 bits per heavy atom. The number of carbonyl (C=O) groups is 2. The summed E-state index contributed by atoms with van der Waals surface area (Å²) in [4.78, 5) is 32.8. The highest BCUT2D eigenvalue weighted by Gasteiger charge is 2.49. The van der Waals surface area contributed by atoms with E-state index in [-0.39, 0.29) is 30.1 Å². The molecule has 0 N–H and O–H groups in total. The van der Waals surface area contributed by atoms with E-state index in [1.807, 2.05) is 9.80 Å². The van der Waals surface area contributed by atoms with Crippen LogP contribution in [-0.4, -0.2) is 64.5 Å². The van der Waals surface area contributed by atoms with Crippen molar-refractivity contribution < 1.29 is 14.3 Å². The van der Waals surface area contributed by atoms with Crippen molar-refractivity contribution in [1.29, 1.82) is 0 Å². The van der Waals surface area contributed by atoms with Gasteiger partial charge in [-0.2, -0.15) is 0 Å². The van der Waals surface area contributed by atoms with Gasteiger partial charge < -0.3 is 14.5 Å². The maximum absolute atomic E-state index is 12.6. The Hall–Kier alpha value is -1.95. The zero-order valence-electron chi connectivity index (χ0n) is 14.7. The lowest BCUT2D eigenvalue weighted by Crippen LogP contribution is -2.64. The first kappa shape index (κ1) is 16.5. The summed E-state index contributed by atoms with van der Waals surface area (Å²) < 4.78 is 6.06. The molecular formula is C19H25N3O3. The second kappa shape index (κ2) is 6.41. The molecule has 0 aromatic carbocycles. The zero-order valence-corrected chi connectivity index (χ0v) is 14.7. The summed E-state index contributed by atoms with van der Waals surface area (Å²) in [6.07, 6.45) is 7.31. The molecule has 1 aromatic rings. The number of amides is 2. The molecule has 3 heterocycles. The molecule has 2 aliphatic heterocycles. The lowest BCUT2D eigenvalue weighted by atomic mass is 9.82. The first-order chi connectivity index (χ1) is 12.1. The minimum atomic E-state index is -0.308.